The molecule has 9 heteroatoms. The van der Waals surface area contributed by atoms with Crippen LogP contribution in [0.3, 0.4) is 0 Å². The predicted octanol–water partition coefficient (Wildman–Crippen LogP) is 1.65. The highest BCUT2D eigenvalue weighted by molar-refractivity contribution is 5.95. The van der Waals surface area contributed by atoms with E-state index in [9.17, 15) is 22.8 Å². The number of carbonyl (C=O) groups excluding carboxylic acids is 2. The van der Waals surface area contributed by atoms with Crippen molar-refractivity contribution in [1.29, 1.82) is 0 Å². The SMILES string of the molecule is O=C(c1ccc2c(c1)OCO2)N1CCCN(C(=O)C(F)(F)F)CC1. The molecule has 130 valence electrons. The molecule has 2 aliphatic rings. The molecule has 0 unspecified atom stereocenters. The van der Waals surface area contributed by atoms with Crippen LogP contribution in [0, 0.1) is 0 Å². The van der Waals surface area contributed by atoms with Crippen LogP contribution in [-0.2, 0) is 4.79 Å². The Kier molecular flexibility index (Phi) is 4.25. The summed E-state index contributed by atoms with van der Waals surface area (Å²) in [6, 6.07) is 4.75. The van der Waals surface area contributed by atoms with Gasteiger partial charge in [0.05, 0.1) is 0 Å². The first-order chi connectivity index (χ1) is 11.4. The maximum absolute atomic E-state index is 12.5. The molecule has 0 spiro atoms. The van der Waals surface area contributed by atoms with E-state index in [1.165, 1.54) is 4.90 Å². The summed E-state index contributed by atoms with van der Waals surface area (Å²) < 4.78 is 47.9. The summed E-state index contributed by atoms with van der Waals surface area (Å²) in [6.07, 6.45) is -4.60. The number of hydrogen-bond donors (Lipinski definition) is 0. The number of hydrogen-bond acceptors (Lipinski definition) is 4. The highest BCUT2D eigenvalue weighted by atomic mass is 19.4. The first kappa shape index (κ1) is 16.4. The molecule has 2 aliphatic heterocycles. The van der Waals surface area contributed by atoms with Gasteiger partial charge in [-0.2, -0.15) is 13.2 Å². The van der Waals surface area contributed by atoms with Crippen LogP contribution in [0.4, 0.5) is 13.2 Å². The number of alkyl halides is 3. The van der Waals surface area contributed by atoms with E-state index in [0.717, 1.165) is 4.90 Å². The van der Waals surface area contributed by atoms with Gasteiger partial charge in [-0.3, -0.25) is 9.59 Å². The first-order valence-corrected chi connectivity index (χ1v) is 7.41. The van der Waals surface area contributed by atoms with Crippen LogP contribution in [0.25, 0.3) is 0 Å². The van der Waals surface area contributed by atoms with Gasteiger partial charge >= 0.3 is 12.1 Å². The van der Waals surface area contributed by atoms with Crippen LogP contribution in [-0.4, -0.2) is 60.8 Å². The van der Waals surface area contributed by atoms with Crippen molar-refractivity contribution in [2.24, 2.45) is 0 Å². The number of fused-ring (bicyclic) bond motifs is 1. The Hall–Kier alpha value is -2.45. The van der Waals surface area contributed by atoms with Gasteiger partial charge in [0.2, 0.25) is 6.79 Å². The van der Waals surface area contributed by atoms with Crippen LogP contribution >= 0.6 is 0 Å². The number of carbonyl (C=O) groups is 2. The Morgan fingerprint density at radius 1 is 0.958 bits per heavy atom. The molecule has 0 N–H and O–H groups in total. The fourth-order valence-corrected chi connectivity index (χ4v) is 2.72. The lowest BCUT2D eigenvalue weighted by Gasteiger charge is -2.23. The van der Waals surface area contributed by atoms with E-state index in [1.807, 2.05) is 0 Å². The van der Waals surface area contributed by atoms with E-state index in [1.54, 1.807) is 18.2 Å². The number of amides is 2. The Morgan fingerprint density at radius 3 is 2.38 bits per heavy atom. The summed E-state index contributed by atoms with van der Waals surface area (Å²) in [5.74, 6) is -1.16. The Morgan fingerprint density at radius 2 is 1.62 bits per heavy atom. The summed E-state index contributed by atoms with van der Waals surface area (Å²) >= 11 is 0. The zero-order chi connectivity index (χ0) is 17.3. The number of halogens is 3. The minimum absolute atomic E-state index is 0.0245. The third-order valence-corrected chi connectivity index (χ3v) is 3.93. The van der Waals surface area contributed by atoms with Crippen LogP contribution in [0.1, 0.15) is 16.8 Å². The molecular formula is C15H15F3N2O4. The molecule has 1 fully saturated rings. The van der Waals surface area contributed by atoms with Crippen molar-refractivity contribution in [2.45, 2.75) is 12.6 Å². The standard InChI is InChI=1S/C15H15F3N2O4/c16-15(17,18)14(22)20-5-1-4-19(6-7-20)13(21)10-2-3-11-12(8-10)24-9-23-11/h2-3,8H,1,4-7,9H2. The minimum Gasteiger partial charge on any atom is -0.454 e. The maximum atomic E-state index is 12.5. The second-order valence-corrected chi connectivity index (χ2v) is 5.50. The van der Waals surface area contributed by atoms with Crippen molar-refractivity contribution in [3.63, 3.8) is 0 Å². The van der Waals surface area contributed by atoms with Crippen molar-refractivity contribution >= 4 is 11.8 Å². The van der Waals surface area contributed by atoms with Crippen LogP contribution < -0.4 is 9.47 Å². The van der Waals surface area contributed by atoms with Gasteiger partial charge < -0.3 is 19.3 Å². The van der Waals surface area contributed by atoms with Crippen LogP contribution in [0.5, 0.6) is 11.5 Å². The Labute approximate surface area is 135 Å². The number of rotatable bonds is 1. The molecular weight excluding hydrogens is 329 g/mol. The van der Waals surface area contributed by atoms with Crippen molar-refractivity contribution in [2.75, 3.05) is 33.0 Å². The van der Waals surface area contributed by atoms with E-state index in [4.69, 9.17) is 9.47 Å². The quantitative estimate of drug-likeness (QED) is 0.777. The summed E-state index contributed by atoms with van der Waals surface area (Å²) in [5, 5.41) is 0. The van der Waals surface area contributed by atoms with E-state index in [0.29, 0.717) is 17.1 Å². The predicted molar refractivity (Wildman–Crippen MR) is 75.7 cm³/mol. The van der Waals surface area contributed by atoms with E-state index in [-0.39, 0.29) is 45.3 Å². The second-order valence-electron chi connectivity index (χ2n) is 5.50. The summed E-state index contributed by atoms with van der Waals surface area (Å²) in [4.78, 5) is 26.0. The molecule has 2 amide bonds. The maximum Gasteiger partial charge on any atom is 0.471 e. The minimum atomic E-state index is -4.89. The van der Waals surface area contributed by atoms with Gasteiger partial charge in [0.25, 0.3) is 5.91 Å². The lowest BCUT2D eigenvalue weighted by Crippen LogP contribution is -2.43. The number of nitrogens with zero attached hydrogens (tertiary/aromatic N) is 2. The summed E-state index contributed by atoms with van der Waals surface area (Å²) in [6.45, 7) is 0.257. The zero-order valence-electron chi connectivity index (χ0n) is 12.6. The van der Waals surface area contributed by atoms with Crippen LogP contribution in [0.15, 0.2) is 18.2 Å². The molecule has 0 aliphatic carbocycles. The molecule has 0 saturated carbocycles. The highest BCUT2D eigenvalue weighted by Crippen LogP contribution is 2.33. The monoisotopic (exact) mass is 344 g/mol. The van der Waals surface area contributed by atoms with E-state index >= 15 is 0 Å². The van der Waals surface area contributed by atoms with Crippen molar-refractivity contribution < 1.29 is 32.2 Å². The van der Waals surface area contributed by atoms with E-state index < -0.39 is 12.1 Å². The van der Waals surface area contributed by atoms with Gasteiger partial charge in [0.15, 0.2) is 11.5 Å². The molecule has 0 radical (unpaired) electrons. The first-order valence-electron chi connectivity index (χ1n) is 7.41. The molecule has 1 aromatic rings. The fraction of sp³-hybridized carbons (Fsp3) is 0.467. The third kappa shape index (κ3) is 3.24. The molecule has 3 rings (SSSR count). The molecule has 24 heavy (non-hydrogen) atoms. The van der Waals surface area contributed by atoms with Gasteiger partial charge in [-0.05, 0) is 24.6 Å². The number of benzene rings is 1. The van der Waals surface area contributed by atoms with Crippen molar-refractivity contribution in [3.05, 3.63) is 23.8 Å². The van der Waals surface area contributed by atoms with Gasteiger partial charge in [-0.1, -0.05) is 0 Å². The summed E-state index contributed by atoms with van der Waals surface area (Å²) in [7, 11) is 0. The molecule has 2 heterocycles. The van der Waals surface area contributed by atoms with E-state index in [2.05, 4.69) is 0 Å². The Bertz CT molecular complexity index is 663. The highest BCUT2D eigenvalue weighted by Gasteiger charge is 2.42. The second kappa shape index (κ2) is 6.21. The van der Waals surface area contributed by atoms with Crippen molar-refractivity contribution in [1.82, 2.24) is 9.80 Å². The van der Waals surface area contributed by atoms with Gasteiger partial charge in [-0.25, -0.2) is 0 Å². The average Bonchev–Trinajstić information content (AvgIpc) is 2.87. The average molecular weight is 344 g/mol. The fourth-order valence-electron chi connectivity index (χ4n) is 2.72. The number of ether oxygens (including phenoxy) is 2. The topological polar surface area (TPSA) is 59.1 Å². The molecule has 1 aromatic carbocycles. The smallest absolute Gasteiger partial charge is 0.454 e. The Balaban J connectivity index is 1.68. The van der Waals surface area contributed by atoms with Crippen LogP contribution in [0.2, 0.25) is 0 Å². The lowest BCUT2D eigenvalue weighted by molar-refractivity contribution is -0.185. The van der Waals surface area contributed by atoms with Gasteiger partial charge in [0.1, 0.15) is 0 Å². The zero-order valence-corrected chi connectivity index (χ0v) is 12.6. The van der Waals surface area contributed by atoms with Crippen molar-refractivity contribution in [3.8, 4) is 11.5 Å². The van der Waals surface area contributed by atoms with Gasteiger partial charge in [0, 0.05) is 31.7 Å². The normalized spacial score (nSPS) is 17.6. The molecule has 0 bridgehead atoms. The molecule has 0 aromatic heterocycles. The molecule has 6 nitrogen and oxygen atoms in total. The van der Waals surface area contributed by atoms with Gasteiger partial charge in [-0.15, -0.1) is 0 Å². The largest absolute Gasteiger partial charge is 0.471 e. The lowest BCUT2D eigenvalue weighted by atomic mass is 10.1. The third-order valence-electron chi connectivity index (χ3n) is 3.93. The molecule has 1 saturated heterocycles. The summed E-state index contributed by atoms with van der Waals surface area (Å²) in [5.41, 5.74) is 0.370. The molecule has 0 atom stereocenters.